The molecule has 16 heavy (non-hydrogen) atoms. The molecule has 1 aliphatic carbocycles. The van der Waals surface area contributed by atoms with E-state index in [0.717, 1.165) is 12.0 Å². The van der Waals surface area contributed by atoms with Crippen LogP contribution >= 0.6 is 0 Å². The minimum atomic E-state index is -0.532. The van der Waals surface area contributed by atoms with Crippen LogP contribution in [0.5, 0.6) is 0 Å². The Labute approximate surface area is 96.9 Å². The van der Waals surface area contributed by atoms with Crippen LogP contribution in [0.2, 0.25) is 0 Å². The van der Waals surface area contributed by atoms with Gasteiger partial charge in [-0.05, 0) is 30.2 Å². The van der Waals surface area contributed by atoms with E-state index >= 15 is 0 Å². The minimum absolute atomic E-state index is 0.253. The Bertz CT molecular complexity index is 347. The van der Waals surface area contributed by atoms with E-state index in [1.54, 1.807) is 0 Å². The molecule has 3 atom stereocenters. The monoisotopic (exact) mass is 220 g/mol. The molecule has 1 aromatic rings. The molecule has 0 unspecified atom stereocenters. The average Bonchev–Trinajstić information content (AvgIpc) is 2.92. The minimum Gasteiger partial charge on any atom is -0.389 e. The number of hydrogen-bond donors (Lipinski definition) is 2. The predicted molar refractivity (Wildman–Crippen MR) is 63.9 cm³/mol. The summed E-state index contributed by atoms with van der Waals surface area (Å²) < 4.78 is 0. The molecule has 0 aromatic heterocycles. The predicted octanol–water partition coefficient (Wildman–Crippen LogP) is 2.52. The summed E-state index contributed by atoms with van der Waals surface area (Å²) in [6.07, 6.45) is 1.05. The summed E-state index contributed by atoms with van der Waals surface area (Å²) >= 11 is 0. The molecule has 0 heterocycles. The second-order valence-electron chi connectivity index (χ2n) is 5.21. The van der Waals surface area contributed by atoms with E-state index in [-0.39, 0.29) is 11.8 Å². The van der Waals surface area contributed by atoms with Gasteiger partial charge < -0.3 is 10.2 Å². The zero-order valence-electron chi connectivity index (χ0n) is 9.93. The van der Waals surface area contributed by atoms with E-state index in [0.29, 0.717) is 6.42 Å². The van der Waals surface area contributed by atoms with E-state index in [1.165, 1.54) is 0 Å². The maximum atomic E-state index is 10.2. The highest BCUT2D eigenvalue weighted by Gasteiger charge is 2.55. The Morgan fingerprint density at radius 3 is 2.44 bits per heavy atom. The van der Waals surface area contributed by atoms with Gasteiger partial charge in [-0.25, -0.2) is 0 Å². The van der Waals surface area contributed by atoms with Crippen molar-refractivity contribution in [3.63, 3.8) is 0 Å². The smallest absolute Gasteiger partial charge is 0.0793 e. The standard InChI is InChI=1S/C14H20O2/c1-10(2)14(16)9-12(14)8-13(15)11-6-4-3-5-7-11/h3-7,10,12-13,15-16H,8-9H2,1-2H3/t12-,13-,14-/m1/s1. The Morgan fingerprint density at radius 2 is 1.94 bits per heavy atom. The van der Waals surface area contributed by atoms with E-state index in [4.69, 9.17) is 0 Å². The zero-order valence-corrected chi connectivity index (χ0v) is 9.93. The first-order valence-corrected chi connectivity index (χ1v) is 5.99. The molecular weight excluding hydrogens is 200 g/mol. The Hall–Kier alpha value is -0.860. The summed E-state index contributed by atoms with van der Waals surface area (Å²) in [5, 5.41) is 20.2. The summed E-state index contributed by atoms with van der Waals surface area (Å²) in [5.74, 6) is 0.531. The molecule has 0 amide bonds. The van der Waals surface area contributed by atoms with Crippen LogP contribution in [0.25, 0.3) is 0 Å². The van der Waals surface area contributed by atoms with Crippen molar-refractivity contribution in [2.24, 2.45) is 11.8 Å². The molecule has 2 nitrogen and oxygen atoms in total. The number of aliphatic hydroxyl groups is 2. The molecule has 2 rings (SSSR count). The molecular formula is C14H20O2. The van der Waals surface area contributed by atoms with E-state index in [2.05, 4.69) is 0 Å². The first-order valence-electron chi connectivity index (χ1n) is 5.99. The van der Waals surface area contributed by atoms with Gasteiger partial charge in [0.1, 0.15) is 0 Å². The van der Waals surface area contributed by atoms with E-state index in [9.17, 15) is 10.2 Å². The van der Waals surface area contributed by atoms with Crippen LogP contribution in [0.1, 0.15) is 38.4 Å². The van der Waals surface area contributed by atoms with Crippen LogP contribution in [0, 0.1) is 11.8 Å². The second-order valence-corrected chi connectivity index (χ2v) is 5.21. The fraction of sp³-hybridized carbons (Fsp3) is 0.571. The Kier molecular flexibility index (Phi) is 3.04. The summed E-state index contributed by atoms with van der Waals surface area (Å²) in [7, 11) is 0. The molecule has 1 saturated carbocycles. The van der Waals surface area contributed by atoms with Crippen molar-refractivity contribution in [1.82, 2.24) is 0 Å². The molecule has 1 fully saturated rings. The summed E-state index contributed by atoms with van der Waals surface area (Å²) in [6.45, 7) is 4.07. The highest BCUT2D eigenvalue weighted by molar-refractivity contribution is 5.18. The lowest BCUT2D eigenvalue weighted by Gasteiger charge is -2.16. The van der Waals surface area contributed by atoms with E-state index < -0.39 is 11.7 Å². The third-order valence-corrected chi connectivity index (χ3v) is 3.81. The first kappa shape index (κ1) is 11.6. The van der Waals surface area contributed by atoms with Crippen LogP contribution in [0.3, 0.4) is 0 Å². The molecule has 0 aliphatic heterocycles. The van der Waals surface area contributed by atoms with Crippen LogP contribution in [-0.4, -0.2) is 15.8 Å². The average molecular weight is 220 g/mol. The van der Waals surface area contributed by atoms with Crippen LogP contribution in [-0.2, 0) is 0 Å². The molecule has 1 aromatic carbocycles. The van der Waals surface area contributed by atoms with Crippen molar-refractivity contribution in [1.29, 1.82) is 0 Å². The van der Waals surface area contributed by atoms with Gasteiger partial charge in [0.25, 0.3) is 0 Å². The quantitative estimate of drug-likeness (QED) is 0.818. The summed E-state index contributed by atoms with van der Waals surface area (Å²) in [6, 6.07) is 9.67. The van der Waals surface area contributed by atoms with E-state index in [1.807, 2.05) is 44.2 Å². The molecule has 2 N–H and O–H groups in total. The van der Waals surface area contributed by atoms with Gasteiger partial charge in [0.15, 0.2) is 0 Å². The lowest BCUT2D eigenvalue weighted by molar-refractivity contribution is 0.0650. The van der Waals surface area contributed by atoms with Crippen LogP contribution < -0.4 is 0 Å². The Balaban J connectivity index is 1.93. The molecule has 0 bridgehead atoms. The van der Waals surface area contributed by atoms with Crippen molar-refractivity contribution in [3.05, 3.63) is 35.9 Å². The third kappa shape index (κ3) is 2.13. The Morgan fingerprint density at radius 1 is 1.31 bits per heavy atom. The van der Waals surface area contributed by atoms with Gasteiger partial charge in [0.2, 0.25) is 0 Å². The highest BCUT2D eigenvalue weighted by atomic mass is 16.3. The second kappa shape index (κ2) is 4.19. The lowest BCUT2D eigenvalue weighted by atomic mass is 9.98. The fourth-order valence-electron chi connectivity index (χ4n) is 2.41. The topological polar surface area (TPSA) is 40.5 Å². The number of benzene rings is 1. The first-order chi connectivity index (χ1) is 7.54. The van der Waals surface area contributed by atoms with Crippen LogP contribution in [0.4, 0.5) is 0 Å². The normalized spacial score (nSPS) is 30.4. The molecule has 1 aliphatic rings. The van der Waals surface area contributed by atoms with Crippen molar-refractivity contribution in [2.45, 2.75) is 38.4 Å². The van der Waals surface area contributed by atoms with Gasteiger partial charge in [0, 0.05) is 0 Å². The summed E-state index contributed by atoms with van der Waals surface area (Å²) in [4.78, 5) is 0. The van der Waals surface area contributed by atoms with Gasteiger partial charge in [-0.3, -0.25) is 0 Å². The van der Waals surface area contributed by atoms with Gasteiger partial charge in [0.05, 0.1) is 11.7 Å². The van der Waals surface area contributed by atoms with Gasteiger partial charge in [-0.15, -0.1) is 0 Å². The fourth-order valence-corrected chi connectivity index (χ4v) is 2.41. The largest absolute Gasteiger partial charge is 0.389 e. The van der Waals surface area contributed by atoms with Gasteiger partial charge >= 0.3 is 0 Å². The van der Waals surface area contributed by atoms with Crippen molar-refractivity contribution >= 4 is 0 Å². The molecule has 0 radical (unpaired) electrons. The highest BCUT2D eigenvalue weighted by Crippen LogP contribution is 2.52. The summed E-state index contributed by atoms with van der Waals surface area (Å²) in [5.41, 5.74) is 0.413. The number of hydrogen-bond acceptors (Lipinski definition) is 2. The molecule has 2 heteroatoms. The lowest BCUT2D eigenvalue weighted by Crippen LogP contribution is -2.20. The maximum absolute atomic E-state index is 10.2. The van der Waals surface area contributed by atoms with Crippen molar-refractivity contribution in [2.75, 3.05) is 0 Å². The van der Waals surface area contributed by atoms with Gasteiger partial charge in [-0.1, -0.05) is 44.2 Å². The van der Waals surface area contributed by atoms with Gasteiger partial charge in [-0.2, -0.15) is 0 Å². The maximum Gasteiger partial charge on any atom is 0.0793 e. The zero-order chi connectivity index (χ0) is 11.8. The molecule has 88 valence electrons. The number of aliphatic hydroxyl groups excluding tert-OH is 1. The van der Waals surface area contributed by atoms with Crippen LogP contribution in [0.15, 0.2) is 30.3 Å². The van der Waals surface area contributed by atoms with Crippen molar-refractivity contribution in [3.8, 4) is 0 Å². The molecule has 0 spiro atoms. The molecule has 0 saturated heterocycles. The SMILES string of the molecule is CC(C)[C@]1(O)C[C@H]1C[C@@H](O)c1ccccc1. The number of rotatable bonds is 4. The van der Waals surface area contributed by atoms with Crippen molar-refractivity contribution < 1.29 is 10.2 Å². The third-order valence-electron chi connectivity index (χ3n) is 3.81.